The van der Waals surface area contributed by atoms with Crippen LogP contribution in [0.15, 0.2) is 171 Å². The highest BCUT2D eigenvalue weighted by atomic mass is 35.5. The Balaban J connectivity index is 0.000000199. The Morgan fingerprint density at radius 3 is 1.08 bits per heavy atom. The number of ether oxygens (including phenoxy) is 1. The average Bonchev–Trinajstić information content (AvgIpc) is 3.78. The minimum absolute atomic E-state index is 0.0599. The highest BCUT2D eigenvalue weighted by Gasteiger charge is 2.24. The van der Waals surface area contributed by atoms with Crippen molar-refractivity contribution in [1.29, 1.82) is 0 Å². The van der Waals surface area contributed by atoms with Crippen LogP contribution in [0.1, 0.15) is 0 Å². The van der Waals surface area contributed by atoms with E-state index in [2.05, 4.69) is 110 Å². The topological polar surface area (TPSA) is 184 Å². The van der Waals surface area contributed by atoms with E-state index in [1.807, 2.05) is 36.4 Å². The fraction of sp³-hybridized carbons (Fsp3) is 0. The zero-order chi connectivity index (χ0) is 46.5. The fourth-order valence-electron chi connectivity index (χ4n) is 5.60. The van der Waals surface area contributed by atoms with E-state index in [0.717, 1.165) is 6.08 Å². The fourth-order valence-corrected chi connectivity index (χ4v) is 10.4. The summed E-state index contributed by atoms with van der Waals surface area (Å²) in [5.41, 5.74) is 0. The Kier molecular flexibility index (Phi) is 17.7. The standard InChI is InChI=1S/C21H15O2S.C18H12OS.C3H3ClO.2CH2F2O3S/c1-2-21(22)23-15-11-13-16(14-12-15)24-19-9-5-3-7-17(19)18-8-4-6-10-20(18)24;19-13-9-11-14(12-10-13)20-17-7-3-1-5-15(17)16-6-2-4-8-18(16)20;1-2-3(4)5;2*2-1(3)7(4,5)6/h2-14H,1H2;1-12H;2H,1H2;2*(H2,4,5,6)/q+1;;;;/p-1. The van der Waals surface area contributed by atoms with E-state index < -0.39 is 42.1 Å². The maximum Gasteiger partial charge on any atom is 0.335 e. The molecule has 6 aromatic carbocycles. The Morgan fingerprint density at radius 2 is 0.825 bits per heavy atom. The predicted molar refractivity (Wildman–Crippen MR) is 247 cm³/mol. The van der Waals surface area contributed by atoms with Crippen LogP contribution in [0.3, 0.4) is 0 Å². The molecule has 328 valence electrons. The molecule has 8 aromatic rings. The molecule has 2 heterocycles. The smallest absolute Gasteiger partial charge is 0.335 e. The molecule has 10 nitrogen and oxygen atoms in total. The van der Waals surface area contributed by atoms with Gasteiger partial charge < -0.3 is 28.1 Å². The number of hydrogen-bond donors (Lipinski definition) is 3. The molecule has 0 aliphatic heterocycles. The average molecular weight is 961 g/mol. The van der Waals surface area contributed by atoms with Gasteiger partial charge in [0.15, 0.2) is 28.6 Å². The molecule has 0 amide bonds. The minimum atomic E-state index is -5.16. The second-order valence-corrected chi connectivity index (χ2v) is 18.9. The quantitative estimate of drug-likeness (QED) is 0.0285. The summed E-state index contributed by atoms with van der Waals surface area (Å²) in [6.45, 7) is 6.49. The minimum Gasteiger partial charge on any atom is -0.753 e. The number of phenolic OH excluding ortho intramolecular Hbond substituents is 1. The third kappa shape index (κ3) is 13.5. The molecule has 2 unspecified atom stereocenters. The number of allylic oxidation sites excluding steroid dienone is 1. The number of hydrogen-bond acceptors (Lipinski definition) is 8. The third-order valence-electron chi connectivity index (χ3n) is 8.08. The first-order valence-electron chi connectivity index (χ1n) is 17.5. The van der Waals surface area contributed by atoms with Crippen molar-refractivity contribution in [2.24, 2.45) is 0 Å². The first kappa shape index (κ1) is 49.7. The lowest BCUT2D eigenvalue weighted by Crippen LogP contribution is -2.02. The second kappa shape index (κ2) is 22.4. The van der Waals surface area contributed by atoms with Crippen molar-refractivity contribution < 1.29 is 63.6 Å². The van der Waals surface area contributed by atoms with Gasteiger partial charge in [0.2, 0.25) is 5.24 Å². The summed E-state index contributed by atoms with van der Waals surface area (Å²) in [5.74, 6) is 0.410. The SMILES string of the molecule is C=CC(=O)Cl.C=CC(=O)Oc1ccc(-[s+]2c3ccccc3c3ccccc32)cc1.O=S([O-])(O)=C(F)F.O=S([O-])(O)=C(F)F.Oc1ccc(-[s+]2c3ccccc3c3ccccc32)cc1. The first-order valence-corrected chi connectivity index (χ1v) is 23.2. The van der Waals surface area contributed by atoms with Gasteiger partial charge in [-0.05, 0) is 90.5 Å². The summed E-state index contributed by atoms with van der Waals surface area (Å²) in [6, 6.07) is 49.7. The summed E-state index contributed by atoms with van der Waals surface area (Å²) < 4.78 is 104. The number of aromatic hydroxyl groups is 1. The predicted octanol–water partition coefficient (Wildman–Crippen LogP) is 12.0. The summed E-state index contributed by atoms with van der Waals surface area (Å²) in [4.78, 5) is 23.2. The van der Waals surface area contributed by atoms with Crippen LogP contribution < -0.4 is 4.74 Å². The summed E-state index contributed by atoms with van der Waals surface area (Å²) in [7, 11) is -10.5. The number of thiophene rings is 2. The number of esters is 1. The molecule has 2 atom stereocenters. The van der Waals surface area contributed by atoms with Crippen molar-refractivity contribution in [3.8, 4) is 21.3 Å². The number of carbonyl (C=O) groups is 2. The largest absolute Gasteiger partial charge is 0.753 e. The van der Waals surface area contributed by atoms with E-state index in [-0.39, 0.29) is 20.9 Å². The normalized spacial score (nSPS) is 12.3. The lowest BCUT2D eigenvalue weighted by molar-refractivity contribution is -0.129. The van der Waals surface area contributed by atoms with Crippen LogP contribution in [0.25, 0.3) is 50.1 Å². The molecule has 0 aliphatic carbocycles. The van der Waals surface area contributed by atoms with Gasteiger partial charge in [-0.2, -0.15) is 17.6 Å². The zero-order valence-corrected chi connectivity index (χ0v) is 36.2. The third-order valence-corrected chi connectivity index (χ3v) is 13.7. The Labute approximate surface area is 368 Å². The van der Waals surface area contributed by atoms with Gasteiger partial charge in [-0.25, -0.2) is 13.2 Å². The van der Waals surface area contributed by atoms with Crippen LogP contribution in [0.5, 0.6) is 11.5 Å². The van der Waals surface area contributed by atoms with Crippen LogP contribution in [0.4, 0.5) is 17.6 Å². The lowest BCUT2D eigenvalue weighted by Gasteiger charge is -2.00. The molecule has 0 aliphatic rings. The van der Waals surface area contributed by atoms with E-state index in [1.54, 1.807) is 12.1 Å². The molecule has 0 spiro atoms. The van der Waals surface area contributed by atoms with Crippen molar-refractivity contribution >= 4 is 115 Å². The monoisotopic (exact) mass is 960 g/mol. The van der Waals surface area contributed by atoms with Crippen LogP contribution >= 0.6 is 32.5 Å². The molecule has 63 heavy (non-hydrogen) atoms. The molecule has 0 saturated carbocycles. The highest BCUT2D eigenvalue weighted by molar-refractivity contribution is 7.91. The van der Waals surface area contributed by atoms with Gasteiger partial charge >= 0.3 is 16.7 Å². The molecule has 0 saturated heterocycles. The van der Waals surface area contributed by atoms with Crippen molar-refractivity contribution in [1.82, 2.24) is 0 Å². The van der Waals surface area contributed by atoms with Gasteiger partial charge in [-0.15, -0.1) is 0 Å². The van der Waals surface area contributed by atoms with Gasteiger partial charge in [0.05, 0.1) is 20.2 Å². The maximum absolute atomic E-state index is 11.3. The molecule has 2 aromatic heterocycles. The number of halogens is 5. The number of fused-ring (bicyclic) bond motifs is 6. The number of rotatable bonds is 5. The zero-order valence-electron chi connectivity index (χ0n) is 32.1. The highest BCUT2D eigenvalue weighted by Crippen LogP contribution is 2.49. The summed E-state index contributed by atoms with van der Waals surface area (Å²) in [6.07, 6.45) is 2.21. The molecule has 0 bridgehead atoms. The molecule has 8 rings (SSSR count). The maximum atomic E-state index is 11.3. The molecule has 0 fully saturated rings. The number of phenols is 1. The Bertz CT molecular complexity index is 3020. The van der Waals surface area contributed by atoms with E-state index in [1.165, 1.54) is 56.2 Å². The van der Waals surface area contributed by atoms with Gasteiger partial charge in [-0.3, -0.25) is 4.79 Å². The second-order valence-electron chi connectivity index (χ2n) is 12.1. The summed E-state index contributed by atoms with van der Waals surface area (Å²) in [5, 5.41) is 8.30. The van der Waals surface area contributed by atoms with Crippen LogP contribution in [-0.4, -0.2) is 53.7 Å². The molecular weight excluding hydrogens is 928 g/mol. The van der Waals surface area contributed by atoms with E-state index in [9.17, 15) is 32.3 Å². The van der Waals surface area contributed by atoms with E-state index >= 15 is 0 Å². The molecular formula is C44H33ClF4O10S4. The van der Waals surface area contributed by atoms with E-state index in [4.69, 9.17) is 43.0 Å². The van der Waals surface area contributed by atoms with Gasteiger partial charge in [0.1, 0.15) is 11.5 Å². The summed E-state index contributed by atoms with van der Waals surface area (Å²) >= 11 is 4.71. The van der Waals surface area contributed by atoms with Crippen molar-refractivity contribution in [2.75, 3.05) is 0 Å². The Morgan fingerprint density at radius 1 is 0.556 bits per heavy atom. The molecule has 0 radical (unpaired) electrons. The molecule has 19 heteroatoms. The van der Waals surface area contributed by atoms with Crippen molar-refractivity contribution in [2.45, 2.75) is 0 Å². The number of benzene rings is 6. The van der Waals surface area contributed by atoms with Gasteiger partial charge in [0.25, 0.3) is 0 Å². The number of carbonyl (C=O) groups excluding carboxylic acids is 2. The van der Waals surface area contributed by atoms with Gasteiger partial charge in [-0.1, -0.05) is 61.7 Å². The van der Waals surface area contributed by atoms with Crippen LogP contribution in [-0.2, 0) is 29.8 Å². The van der Waals surface area contributed by atoms with Crippen LogP contribution in [0.2, 0.25) is 0 Å². The first-order chi connectivity index (χ1) is 29.8. The Hall–Kier alpha value is -5.93. The van der Waals surface area contributed by atoms with Gasteiger partial charge in [0, 0.05) is 72.8 Å². The van der Waals surface area contributed by atoms with E-state index in [0.29, 0.717) is 11.5 Å². The van der Waals surface area contributed by atoms with Crippen molar-refractivity contribution in [3.05, 3.63) is 171 Å². The van der Waals surface area contributed by atoms with Crippen molar-refractivity contribution in [3.63, 3.8) is 0 Å². The molecule has 3 N–H and O–H groups in total. The van der Waals surface area contributed by atoms with Crippen LogP contribution in [0, 0.1) is 0 Å². The lowest BCUT2D eigenvalue weighted by atomic mass is 10.2.